The van der Waals surface area contributed by atoms with Crippen molar-refractivity contribution in [2.45, 2.75) is 32.1 Å². The predicted molar refractivity (Wildman–Crippen MR) is 69.9 cm³/mol. The zero-order valence-electron chi connectivity index (χ0n) is 10.6. The summed E-state index contributed by atoms with van der Waals surface area (Å²) in [7, 11) is 0. The molecule has 0 amide bonds. The van der Waals surface area contributed by atoms with Gasteiger partial charge in [0.15, 0.2) is 5.78 Å². The second-order valence-corrected chi connectivity index (χ2v) is 5.44. The number of rotatable bonds is 3. The van der Waals surface area contributed by atoms with Gasteiger partial charge < -0.3 is 10.5 Å². The van der Waals surface area contributed by atoms with Crippen LogP contribution >= 0.6 is 0 Å². The Hall–Kier alpha value is -1.35. The number of benzene rings is 1. The van der Waals surface area contributed by atoms with Gasteiger partial charge in [-0.25, -0.2) is 0 Å². The van der Waals surface area contributed by atoms with Gasteiger partial charge in [0.1, 0.15) is 5.75 Å². The van der Waals surface area contributed by atoms with Crippen molar-refractivity contribution in [3.05, 3.63) is 29.3 Å². The summed E-state index contributed by atoms with van der Waals surface area (Å²) < 4.78 is 5.47. The third-order valence-electron chi connectivity index (χ3n) is 4.38. The minimum absolute atomic E-state index is 0.234. The smallest absolute Gasteiger partial charge is 0.170 e. The van der Waals surface area contributed by atoms with E-state index >= 15 is 0 Å². The molecule has 1 aliphatic heterocycles. The Morgan fingerprint density at radius 1 is 1.33 bits per heavy atom. The number of hydrogen-bond donors (Lipinski definition) is 1. The molecule has 1 aromatic carbocycles. The van der Waals surface area contributed by atoms with Crippen molar-refractivity contribution in [3.63, 3.8) is 0 Å². The van der Waals surface area contributed by atoms with Gasteiger partial charge in [0.2, 0.25) is 0 Å². The lowest BCUT2D eigenvalue weighted by atomic mass is 9.78. The summed E-state index contributed by atoms with van der Waals surface area (Å²) in [5.74, 6) is 1.16. The zero-order chi connectivity index (χ0) is 12.6. The molecule has 0 aromatic heterocycles. The van der Waals surface area contributed by atoms with Crippen LogP contribution in [0.5, 0.6) is 5.75 Å². The van der Waals surface area contributed by atoms with Gasteiger partial charge in [0.25, 0.3) is 0 Å². The highest BCUT2D eigenvalue weighted by atomic mass is 16.5. The highest BCUT2D eigenvalue weighted by Gasteiger charge is 2.40. The molecule has 0 bridgehead atoms. The van der Waals surface area contributed by atoms with Crippen LogP contribution in [0.3, 0.4) is 0 Å². The first-order valence-corrected chi connectivity index (χ1v) is 6.76. The summed E-state index contributed by atoms with van der Waals surface area (Å²) in [5, 5.41) is 0. The Morgan fingerprint density at radius 2 is 2.11 bits per heavy atom. The van der Waals surface area contributed by atoms with Crippen molar-refractivity contribution in [2.24, 2.45) is 11.1 Å². The van der Waals surface area contributed by atoms with E-state index in [0.29, 0.717) is 6.54 Å². The van der Waals surface area contributed by atoms with Crippen LogP contribution in [0.4, 0.5) is 0 Å². The van der Waals surface area contributed by atoms with Crippen molar-refractivity contribution in [1.29, 1.82) is 0 Å². The zero-order valence-corrected chi connectivity index (χ0v) is 10.6. The van der Waals surface area contributed by atoms with Crippen molar-refractivity contribution < 1.29 is 9.53 Å². The van der Waals surface area contributed by atoms with Gasteiger partial charge in [0.05, 0.1) is 6.61 Å². The van der Waals surface area contributed by atoms with E-state index in [1.54, 1.807) is 0 Å². The molecule has 1 fully saturated rings. The summed E-state index contributed by atoms with van der Waals surface area (Å²) in [6, 6.07) is 5.82. The van der Waals surface area contributed by atoms with Crippen molar-refractivity contribution >= 4 is 5.78 Å². The Kier molecular flexibility index (Phi) is 2.86. The molecule has 1 aromatic rings. The summed E-state index contributed by atoms with van der Waals surface area (Å²) in [4.78, 5) is 12.7. The summed E-state index contributed by atoms with van der Waals surface area (Å²) in [6.45, 7) is 1.20. The molecule has 0 unspecified atom stereocenters. The maximum absolute atomic E-state index is 12.7. The van der Waals surface area contributed by atoms with Crippen molar-refractivity contribution in [2.75, 3.05) is 13.2 Å². The van der Waals surface area contributed by atoms with Crippen molar-refractivity contribution in [1.82, 2.24) is 0 Å². The fraction of sp³-hybridized carbons (Fsp3) is 0.533. The molecule has 0 atom stereocenters. The van der Waals surface area contributed by atoms with Gasteiger partial charge in [-0.2, -0.15) is 0 Å². The number of ketones is 1. The van der Waals surface area contributed by atoms with E-state index in [1.807, 2.05) is 18.2 Å². The average Bonchev–Trinajstić information content (AvgIpc) is 3.06. The highest BCUT2D eigenvalue weighted by molar-refractivity contribution is 6.01. The number of nitrogens with two attached hydrogens (primary N) is 1. The van der Waals surface area contributed by atoms with Gasteiger partial charge in [-0.05, 0) is 36.6 Å². The van der Waals surface area contributed by atoms with Crippen LogP contribution < -0.4 is 10.5 Å². The van der Waals surface area contributed by atoms with E-state index in [0.717, 1.165) is 55.6 Å². The molecule has 3 heteroatoms. The lowest BCUT2D eigenvalue weighted by Crippen LogP contribution is -2.36. The topological polar surface area (TPSA) is 52.3 Å². The number of ether oxygens (including phenoxy) is 1. The Labute approximate surface area is 107 Å². The van der Waals surface area contributed by atoms with Gasteiger partial charge in [-0.3, -0.25) is 4.79 Å². The molecule has 18 heavy (non-hydrogen) atoms. The standard InChI is InChI=1S/C15H19NO2/c16-10-15(6-1-2-7-15)14(17)12-3-4-13-11(9-12)5-8-18-13/h3-4,9H,1-2,5-8,10,16H2. The monoisotopic (exact) mass is 245 g/mol. The lowest BCUT2D eigenvalue weighted by Gasteiger charge is -2.25. The van der Waals surface area contributed by atoms with Crippen LogP contribution in [0.25, 0.3) is 0 Å². The Morgan fingerprint density at radius 3 is 2.83 bits per heavy atom. The molecule has 2 aliphatic rings. The van der Waals surface area contributed by atoms with Gasteiger partial charge in [-0.15, -0.1) is 0 Å². The quantitative estimate of drug-likeness (QED) is 0.831. The second-order valence-electron chi connectivity index (χ2n) is 5.44. The predicted octanol–water partition coefficient (Wildman–Crippen LogP) is 2.32. The van der Waals surface area contributed by atoms with Crippen LogP contribution in [0.2, 0.25) is 0 Å². The van der Waals surface area contributed by atoms with E-state index in [4.69, 9.17) is 10.5 Å². The van der Waals surface area contributed by atoms with E-state index in [9.17, 15) is 4.79 Å². The first-order valence-electron chi connectivity index (χ1n) is 6.76. The van der Waals surface area contributed by atoms with Gasteiger partial charge >= 0.3 is 0 Å². The minimum atomic E-state index is -0.298. The average molecular weight is 245 g/mol. The van der Waals surface area contributed by atoms with Gasteiger partial charge in [-0.1, -0.05) is 12.8 Å². The van der Waals surface area contributed by atoms with Crippen LogP contribution in [0, 0.1) is 5.41 Å². The number of Topliss-reactive ketones (excluding diaryl/α,β-unsaturated/α-hetero) is 1. The summed E-state index contributed by atoms with van der Waals surface area (Å²) >= 11 is 0. The van der Waals surface area contributed by atoms with E-state index < -0.39 is 0 Å². The molecule has 96 valence electrons. The van der Waals surface area contributed by atoms with E-state index in [2.05, 4.69) is 0 Å². The molecular weight excluding hydrogens is 226 g/mol. The molecular formula is C15H19NO2. The second kappa shape index (κ2) is 4.39. The van der Waals surface area contributed by atoms with E-state index in [1.165, 1.54) is 0 Å². The summed E-state index contributed by atoms with van der Waals surface area (Å²) in [6.07, 6.45) is 5.03. The Bertz CT molecular complexity index is 475. The van der Waals surface area contributed by atoms with Crippen LogP contribution in [0.1, 0.15) is 41.6 Å². The maximum atomic E-state index is 12.7. The molecule has 3 rings (SSSR count). The number of carbonyl (C=O) groups excluding carboxylic acids is 1. The number of hydrogen-bond acceptors (Lipinski definition) is 3. The third kappa shape index (κ3) is 1.74. The lowest BCUT2D eigenvalue weighted by molar-refractivity contribution is 0.0810. The fourth-order valence-corrected chi connectivity index (χ4v) is 3.21. The number of carbonyl (C=O) groups is 1. The molecule has 0 radical (unpaired) electrons. The van der Waals surface area contributed by atoms with Crippen LogP contribution in [-0.4, -0.2) is 18.9 Å². The first kappa shape index (κ1) is 11.7. The highest BCUT2D eigenvalue weighted by Crippen LogP contribution is 2.40. The Balaban J connectivity index is 1.92. The first-order chi connectivity index (χ1) is 8.75. The number of fused-ring (bicyclic) bond motifs is 1. The normalized spacial score (nSPS) is 20.5. The largest absolute Gasteiger partial charge is 0.493 e. The molecule has 2 N–H and O–H groups in total. The van der Waals surface area contributed by atoms with Crippen LogP contribution in [0.15, 0.2) is 18.2 Å². The molecule has 0 spiro atoms. The molecule has 1 heterocycles. The molecule has 3 nitrogen and oxygen atoms in total. The summed E-state index contributed by atoms with van der Waals surface area (Å²) in [5.41, 5.74) is 7.55. The van der Waals surface area contributed by atoms with Gasteiger partial charge in [0, 0.05) is 23.9 Å². The van der Waals surface area contributed by atoms with Crippen molar-refractivity contribution in [3.8, 4) is 5.75 Å². The van der Waals surface area contributed by atoms with E-state index in [-0.39, 0.29) is 11.2 Å². The van der Waals surface area contributed by atoms with Crippen LogP contribution in [-0.2, 0) is 6.42 Å². The minimum Gasteiger partial charge on any atom is -0.493 e. The third-order valence-corrected chi connectivity index (χ3v) is 4.38. The maximum Gasteiger partial charge on any atom is 0.170 e. The molecule has 0 saturated heterocycles. The molecule has 1 saturated carbocycles. The fourth-order valence-electron chi connectivity index (χ4n) is 3.21. The molecule has 1 aliphatic carbocycles. The SMILES string of the molecule is NCC1(C(=O)c2ccc3c(c2)CCO3)CCCC1.